The van der Waals surface area contributed by atoms with Crippen LogP contribution in [0.15, 0.2) is 30.3 Å². The van der Waals surface area contributed by atoms with E-state index in [0.717, 1.165) is 58.2 Å². The van der Waals surface area contributed by atoms with Crippen molar-refractivity contribution in [2.24, 2.45) is 11.8 Å². The lowest BCUT2D eigenvalue weighted by Crippen LogP contribution is -2.51. The van der Waals surface area contributed by atoms with Crippen LogP contribution in [0, 0.1) is 11.8 Å². The van der Waals surface area contributed by atoms with Crippen LogP contribution in [0.4, 0.5) is 20.5 Å². The highest BCUT2D eigenvalue weighted by atomic mass is 19.3. The molecule has 37 heavy (non-hydrogen) atoms. The Morgan fingerprint density at radius 2 is 1.65 bits per heavy atom. The Bertz CT molecular complexity index is 1200. The van der Waals surface area contributed by atoms with E-state index in [9.17, 15) is 8.78 Å². The highest BCUT2D eigenvalue weighted by molar-refractivity contribution is 5.78. The summed E-state index contributed by atoms with van der Waals surface area (Å²) >= 11 is 0. The lowest BCUT2D eigenvalue weighted by atomic mass is 9.94. The second-order valence-electron chi connectivity index (χ2n) is 10.1. The fourth-order valence-electron chi connectivity index (χ4n) is 5.49. The molecule has 5 heterocycles. The van der Waals surface area contributed by atoms with Crippen LogP contribution in [-0.2, 0) is 9.47 Å². The van der Waals surface area contributed by atoms with E-state index in [-0.39, 0.29) is 5.82 Å². The van der Waals surface area contributed by atoms with Crippen LogP contribution in [-0.4, -0.2) is 90.1 Å². The number of nitrogens with zero attached hydrogens (tertiary/aromatic N) is 6. The van der Waals surface area contributed by atoms with Gasteiger partial charge >= 0.3 is 0 Å². The Balaban J connectivity index is 1.22. The standard InChI is InChI=1S/C26H33F2N7O2/c27-24(28)25-30-20-3-1-2-4-21(20)35(25)23-13-22(34-7-11-37-12-8-34)31-26(32-23)29-14-19-16-33(17-19)15-18-5-9-36-10-6-18/h1-4,13,18-19,24H,5-12,14-17H2,(H,29,31,32). The van der Waals surface area contributed by atoms with Crippen LogP contribution in [0.3, 0.4) is 0 Å². The van der Waals surface area contributed by atoms with Crippen LogP contribution in [0.2, 0.25) is 0 Å². The van der Waals surface area contributed by atoms with E-state index < -0.39 is 6.43 Å². The third-order valence-corrected chi connectivity index (χ3v) is 7.48. The second kappa shape index (κ2) is 10.8. The number of hydrogen-bond donors (Lipinski definition) is 1. The van der Waals surface area contributed by atoms with E-state index in [1.54, 1.807) is 24.3 Å². The SMILES string of the molecule is FC(F)c1nc2ccccc2n1-c1cc(N2CCOCC2)nc(NCC2CN(CC3CCOCC3)C2)n1. The number of ether oxygens (including phenoxy) is 2. The number of rotatable bonds is 8. The van der Waals surface area contributed by atoms with E-state index in [1.165, 1.54) is 4.57 Å². The minimum Gasteiger partial charge on any atom is -0.381 e. The number of likely N-dealkylation sites (tertiary alicyclic amines) is 1. The van der Waals surface area contributed by atoms with Crippen LogP contribution >= 0.6 is 0 Å². The fraction of sp³-hybridized carbons (Fsp3) is 0.577. The van der Waals surface area contributed by atoms with Crippen LogP contribution < -0.4 is 10.2 Å². The molecule has 0 radical (unpaired) electrons. The summed E-state index contributed by atoms with van der Waals surface area (Å²) in [5, 5.41) is 3.40. The largest absolute Gasteiger partial charge is 0.381 e. The third kappa shape index (κ3) is 5.39. The van der Waals surface area contributed by atoms with Gasteiger partial charge in [-0.25, -0.2) is 13.8 Å². The van der Waals surface area contributed by atoms with Crippen LogP contribution in [0.1, 0.15) is 25.1 Å². The Kier molecular flexibility index (Phi) is 7.16. The van der Waals surface area contributed by atoms with Gasteiger partial charge in [0.1, 0.15) is 11.6 Å². The number of halogens is 2. The molecule has 2 aromatic heterocycles. The van der Waals surface area contributed by atoms with Gasteiger partial charge in [-0.3, -0.25) is 4.57 Å². The first-order chi connectivity index (χ1) is 18.1. The van der Waals surface area contributed by atoms with E-state index in [2.05, 4.69) is 25.1 Å². The average Bonchev–Trinajstić information content (AvgIpc) is 3.31. The van der Waals surface area contributed by atoms with Crippen molar-refractivity contribution in [1.29, 1.82) is 0 Å². The number of imidazole rings is 1. The van der Waals surface area contributed by atoms with Gasteiger partial charge in [0, 0.05) is 64.5 Å². The smallest absolute Gasteiger partial charge is 0.296 e. The van der Waals surface area contributed by atoms with Crippen molar-refractivity contribution >= 4 is 22.8 Å². The van der Waals surface area contributed by atoms with Crippen molar-refractivity contribution in [2.45, 2.75) is 19.3 Å². The van der Waals surface area contributed by atoms with Crippen LogP contribution in [0.25, 0.3) is 16.9 Å². The van der Waals surface area contributed by atoms with Crippen molar-refractivity contribution in [2.75, 3.05) is 75.9 Å². The number of benzene rings is 1. The average molecular weight is 514 g/mol. The molecule has 0 aliphatic carbocycles. The first kappa shape index (κ1) is 24.4. The highest BCUT2D eigenvalue weighted by Gasteiger charge is 2.29. The minimum absolute atomic E-state index is 0.318. The van der Waals surface area contributed by atoms with Crippen molar-refractivity contribution in [3.8, 4) is 5.82 Å². The van der Waals surface area contributed by atoms with E-state index in [1.807, 2.05) is 6.07 Å². The molecule has 198 valence electrons. The Hall–Kier alpha value is -2.89. The maximum absolute atomic E-state index is 14.0. The molecule has 6 rings (SSSR count). The molecule has 0 saturated carbocycles. The van der Waals surface area contributed by atoms with Crippen molar-refractivity contribution in [3.05, 3.63) is 36.2 Å². The first-order valence-corrected chi connectivity index (χ1v) is 13.2. The third-order valence-electron chi connectivity index (χ3n) is 7.48. The molecule has 1 aromatic carbocycles. The fourth-order valence-corrected chi connectivity index (χ4v) is 5.49. The summed E-state index contributed by atoms with van der Waals surface area (Å²) in [5.41, 5.74) is 1.11. The number of alkyl halides is 2. The van der Waals surface area contributed by atoms with E-state index in [0.29, 0.717) is 60.8 Å². The van der Waals surface area contributed by atoms with Gasteiger partial charge in [0.15, 0.2) is 5.82 Å². The molecule has 3 aromatic rings. The van der Waals surface area contributed by atoms with E-state index >= 15 is 0 Å². The minimum atomic E-state index is -2.73. The summed E-state index contributed by atoms with van der Waals surface area (Å²) in [5.74, 6) is 2.44. The zero-order valence-electron chi connectivity index (χ0n) is 20.9. The number of aromatic nitrogens is 4. The molecule has 3 saturated heterocycles. The lowest BCUT2D eigenvalue weighted by molar-refractivity contribution is 0.0277. The number of para-hydroxylation sites is 2. The normalized spacial score (nSPS) is 20.0. The Morgan fingerprint density at radius 1 is 0.919 bits per heavy atom. The highest BCUT2D eigenvalue weighted by Crippen LogP contribution is 2.29. The van der Waals surface area contributed by atoms with Gasteiger partial charge in [0.05, 0.1) is 24.2 Å². The zero-order valence-corrected chi connectivity index (χ0v) is 20.9. The summed E-state index contributed by atoms with van der Waals surface area (Å²) < 4.78 is 40.5. The van der Waals surface area contributed by atoms with Gasteiger partial charge in [0.25, 0.3) is 6.43 Å². The first-order valence-electron chi connectivity index (χ1n) is 13.2. The summed E-state index contributed by atoms with van der Waals surface area (Å²) in [7, 11) is 0. The predicted molar refractivity (Wildman–Crippen MR) is 137 cm³/mol. The number of anilines is 2. The van der Waals surface area contributed by atoms with Crippen LogP contribution in [0.5, 0.6) is 0 Å². The summed E-state index contributed by atoms with van der Waals surface area (Å²) in [6.45, 7) is 8.29. The monoisotopic (exact) mass is 513 g/mol. The van der Waals surface area contributed by atoms with Gasteiger partial charge < -0.3 is 24.6 Å². The molecular weight excluding hydrogens is 480 g/mol. The second-order valence-corrected chi connectivity index (χ2v) is 10.1. The molecule has 3 aliphatic rings. The molecule has 9 nitrogen and oxygen atoms in total. The van der Waals surface area contributed by atoms with Gasteiger partial charge in [-0.2, -0.15) is 9.97 Å². The summed E-state index contributed by atoms with van der Waals surface area (Å²) in [6, 6.07) is 8.92. The molecule has 3 aliphatic heterocycles. The van der Waals surface area contributed by atoms with Gasteiger partial charge in [-0.15, -0.1) is 0 Å². The summed E-state index contributed by atoms with van der Waals surface area (Å²) in [6.07, 6.45) is -0.441. The molecule has 1 N–H and O–H groups in total. The Labute approximate surface area is 214 Å². The van der Waals surface area contributed by atoms with Crippen molar-refractivity contribution in [1.82, 2.24) is 24.4 Å². The van der Waals surface area contributed by atoms with Gasteiger partial charge in [-0.05, 0) is 30.9 Å². The number of nitrogens with one attached hydrogen (secondary N) is 1. The quantitative estimate of drug-likeness (QED) is 0.491. The molecule has 11 heteroatoms. The van der Waals surface area contributed by atoms with Crippen molar-refractivity contribution < 1.29 is 18.3 Å². The maximum Gasteiger partial charge on any atom is 0.296 e. The zero-order chi connectivity index (χ0) is 25.2. The number of morpholine rings is 1. The number of fused-ring (bicyclic) bond motifs is 1. The Morgan fingerprint density at radius 3 is 2.43 bits per heavy atom. The lowest BCUT2D eigenvalue weighted by Gasteiger charge is -2.41. The molecule has 0 amide bonds. The van der Waals surface area contributed by atoms with Crippen molar-refractivity contribution in [3.63, 3.8) is 0 Å². The maximum atomic E-state index is 14.0. The molecule has 0 bridgehead atoms. The summed E-state index contributed by atoms with van der Waals surface area (Å²) in [4.78, 5) is 18.3. The van der Waals surface area contributed by atoms with E-state index in [4.69, 9.17) is 14.5 Å². The molecular formula is C26H33F2N7O2. The molecule has 3 fully saturated rings. The predicted octanol–water partition coefficient (Wildman–Crippen LogP) is 3.36. The van der Waals surface area contributed by atoms with Gasteiger partial charge in [0.2, 0.25) is 5.95 Å². The number of hydrogen-bond acceptors (Lipinski definition) is 8. The molecule has 0 spiro atoms. The topological polar surface area (TPSA) is 80.6 Å². The van der Waals surface area contributed by atoms with Gasteiger partial charge in [-0.1, -0.05) is 12.1 Å². The molecule has 0 atom stereocenters. The molecule has 0 unspecified atom stereocenters.